The second-order valence-electron chi connectivity index (χ2n) is 6.09. The van der Waals surface area contributed by atoms with Gasteiger partial charge >= 0.3 is 0 Å². The molecule has 1 aromatic rings. The summed E-state index contributed by atoms with van der Waals surface area (Å²) in [6.45, 7) is 6.60. The minimum atomic E-state index is 0.684. The molecular weight excluding hydrogens is 262 g/mol. The van der Waals surface area contributed by atoms with Gasteiger partial charge in [-0.2, -0.15) is 5.26 Å². The summed E-state index contributed by atoms with van der Waals surface area (Å²) in [7, 11) is 2.22. The molecule has 0 N–H and O–H groups in total. The molecule has 2 aliphatic heterocycles. The van der Waals surface area contributed by atoms with Crippen LogP contribution in [0, 0.1) is 11.3 Å². The Labute approximate surface area is 126 Å². The zero-order valence-corrected chi connectivity index (χ0v) is 12.7. The van der Waals surface area contributed by atoms with Crippen LogP contribution in [0.15, 0.2) is 18.5 Å². The third-order valence-electron chi connectivity index (χ3n) is 4.69. The van der Waals surface area contributed by atoms with Gasteiger partial charge in [0.05, 0.1) is 11.3 Å². The maximum atomic E-state index is 9.20. The van der Waals surface area contributed by atoms with Crippen molar-refractivity contribution in [2.75, 3.05) is 51.2 Å². The molecule has 0 aromatic carbocycles. The normalized spacial score (nSPS) is 24.8. The van der Waals surface area contributed by atoms with Crippen molar-refractivity contribution in [3.8, 4) is 6.07 Å². The smallest absolute Gasteiger partial charge is 0.103 e. The van der Waals surface area contributed by atoms with Gasteiger partial charge in [0.25, 0.3) is 0 Å². The topological polar surface area (TPSA) is 46.4 Å². The Morgan fingerprint density at radius 3 is 2.76 bits per heavy atom. The molecule has 5 nitrogen and oxygen atoms in total. The highest BCUT2D eigenvalue weighted by molar-refractivity contribution is 5.58. The largest absolute Gasteiger partial charge is 0.368 e. The number of nitriles is 1. The first-order valence-corrected chi connectivity index (χ1v) is 7.79. The van der Waals surface area contributed by atoms with E-state index in [-0.39, 0.29) is 0 Å². The predicted octanol–water partition coefficient (Wildman–Crippen LogP) is 1.17. The highest BCUT2D eigenvalue weighted by Gasteiger charge is 2.27. The molecule has 1 atom stereocenters. The molecule has 2 saturated heterocycles. The molecule has 3 rings (SSSR count). The highest BCUT2D eigenvalue weighted by Crippen LogP contribution is 2.22. The summed E-state index contributed by atoms with van der Waals surface area (Å²) in [5.41, 5.74) is 1.72. The van der Waals surface area contributed by atoms with Crippen LogP contribution in [0.3, 0.4) is 0 Å². The molecule has 2 aliphatic rings. The van der Waals surface area contributed by atoms with Gasteiger partial charge in [-0.3, -0.25) is 9.88 Å². The van der Waals surface area contributed by atoms with Crippen LogP contribution in [0.25, 0.3) is 0 Å². The Morgan fingerprint density at radius 1 is 1.24 bits per heavy atom. The first kappa shape index (κ1) is 14.3. The van der Waals surface area contributed by atoms with Gasteiger partial charge in [-0.15, -0.1) is 0 Å². The van der Waals surface area contributed by atoms with Crippen molar-refractivity contribution in [2.45, 2.75) is 18.9 Å². The zero-order chi connectivity index (χ0) is 14.7. The quantitative estimate of drug-likeness (QED) is 0.816. The molecule has 5 heteroatoms. The number of hydrogen-bond donors (Lipinski definition) is 0. The number of likely N-dealkylation sites (tertiary alicyclic amines) is 1. The Hall–Kier alpha value is -1.64. The molecule has 0 saturated carbocycles. The van der Waals surface area contributed by atoms with Crippen molar-refractivity contribution >= 4 is 5.69 Å². The molecule has 1 aromatic heterocycles. The lowest BCUT2D eigenvalue weighted by molar-refractivity contribution is 0.106. The summed E-state index contributed by atoms with van der Waals surface area (Å²) in [5, 5.41) is 9.20. The number of piperazine rings is 1. The van der Waals surface area contributed by atoms with Crippen LogP contribution in [0.2, 0.25) is 0 Å². The molecule has 21 heavy (non-hydrogen) atoms. The fraction of sp³-hybridized carbons (Fsp3) is 0.625. The maximum absolute atomic E-state index is 9.20. The van der Waals surface area contributed by atoms with Gasteiger partial charge in [-0.25, -0.2) is 0 Å². The molecule has 3 heterocycles. The third-order valence-corrected chi connectivity index (χ3v) is 4.69. The first-order valence-electron chi connectivity index (χ1n) is 7.79. The number of piperidine rings is 1. The Bertz CT molecular complexity index is 516. The minimum Gasteiger partial charge on any atom is -0.368 e. The van der Waals surface area contributed by atoms with E-state index in [9.17, 15) is 5.26 Å². The standard InChI is InChI=1S/C16H23N5/c1-19-6-2-3-15(13-19)20-7-9-21(10-8-20)16-4-5-18-12-14(16)11-17/h4-5,12,15H,2-3,6-10,13H2,1H3. The summed E-state index contributed by atoms with van der Waals surface area (Å²) < 4.78 is 0. The summed E-state index contributed by atoms with van der Waals surface area (Å²) in [4.78, 5) is 11.4. The monoisotopic (exact) mass is 285 g/mol. The van der Waals surface area contributed by atoms with Crippen LogP contribution >= 0.6 is 0 Å². The van der Waals surface area contributed by atoms with Crippen LogP contribution in [-0.4, -0.2) is 67.1 Å². The van der Waals surface area contributed by atoms with Gasteiger partial charge in [-0.05, 0) is 32.5 Å². The summed E-state index contributed by atoms with van der Waals surface area (Å²) >= 11 is 0. The molecule has 0 radical (unpaired) electrons. The first-order chi connectivity index (χ1) is 10.3. The molecular formula is C16H23N5. The number of anilines is 1. The third kappa shape index (κ3) is 3.17. The van der Waals surface area contributed by atoms with Crippen molar-refractivity contribution < 1.29 is 0 Å². The van der Waals surface area contributed by atoms with E-state index in [1.54, 1.807) is 12.4 Å². The fourth-order valence-electron chi connectivity index (χ4n) is 3.51. The van der Waals surface area contributed by atoms with E-state index in [0.717, 1.165) is 31.9 Å². The van der Waals surface area contributed by atoms with Crippen molar-refractivity contribution in [1.29, 1.82) is 5.26 Å². The maximum Gasteiger partial charge on any atom is 0.103 e. The number of hydrogen-bond acceptors (Lipinski definition) is 5. The summed E-state index contributed by atoms with van der Waals surface area (Å²) in [5.74, 6) is 0. The van der Waals surface area contributed by atoms with Crippen LogP contribution in [0.5, 0.6) is 0 Å². The molecule has 0 spiro atoms. The van der Waals surface area contributed by atoms with Gasteiger partial charge in [0, 0.05) is 51.2 Å². The zero-order valence-electron chi connectivity index (χ0n) is 12.7. The highest BCUT2D eigenvalue weighted by atomic mass is 15.3. The van der Waals surface area contributed by atoms with Gasteiger partial charge in [0.2, 0.25) is 0 Å². The van der Waals surface area contributed by atoms with E-state index in [1.165, 1.54) is 25.9 Å². The van der Waals surface area contributed by atoms with E-state index in [4.69, 9.17) is 0 Å². The average Bonchev–Trinajstić information content (AvgIpc) is 2.55. The summed E-state index contributed by atoms with van der Waals surface area (Å²) in [6.07, 6.45) is 6.07. The number of nitrogens with zero attached hydrogens (tertiary/aromatic N) is 5. The summed E-state index contributed by atoms with van der Waals surface area (Å²) in [6, 6.07) is 4.92. The Morgan fingerprint density at radius 2 is 2.05 bits per heavy atom. The van der Waals surface area contributed by atoms with Gasteiger partial charge in [0.1, 0.15) is 6.07 Å². The molecule has 0 amide bonds. The van der Waals surface area contributed by atoms with Crippen LogP contribution in [0.4, 0.5) is 5.69 Å². The van der Waals surface area contributed by atoms with Crippen molar-refractivity contribution in [2.24, 2.45) is 0 Å². The molecule has 2 fully saturated rings. The van der Waals surface area contributed by atoms with Crippen LogP contribution in [0.1, 0.15) is 18.4 Å². The van der Waals surface area contributed by atoms with Crippen LogP contribution < -0.4 is 4.90 Å². The second-order valence-corrected chi connectivity index (χ2v) is 6.09. The van der Waals surface area contributed by atoms with Crippen LogP contribution in [-0.2, 0) is 0 Å². The second kappa shape index (κ2) is 6.42. The van der Waals surface area contributed by atoms with Gasteiger partial charge in [0.15, 0.2) is 0 Å². The van der Waals surface area contributed by atoms with E-state index in [1.807, 2.05) is 6.07 Å². The van der Waals surface area contributed by atoms with Crippen molar-refractivity contribution in [3.63, 3.8) is 0 Å². The van der Waals surface area contributed by atoms with E-state index in [0.29, 0.717) is 11.6 Å². The van der Waals surface area contributed by atoms with Gasteiger partial charge < -0.3 is 9.80 Å². The lowest BCUT2D eigenvalue weighted by atomic mass is 10.0. The lowest BCUT2D eigenvalue weighted by Crippen LogP contribution is -2.54. The van der Waals surface area contributed by atoms with Gasteiger partial charge in [-0.1, -0.05) is 0 Å². The lowest BCUT2D eigenvalue weighted by Gasteiger charge is -2.43. The number of likely N-dealkylation sites (N-methyl/N-ethyl adjacent to an activating group) is 1. The number of aromatic nitrogens is 1. The van der Waals surface area contributed by atoms with E-state index >= 15 is 0 Å². The molecule has 1 unspecified atom stereocenters. The average molecular weight is 285 g/mol. The molecule has 0 aliphatic carbocycles. The van der Waals surface area contributed by atoms with Crippen molar-refractivity contribution in [1.82, 2.24) is 14.8 Å². The SMILES string of the molecule is CN1CCCC(N2CCN(c3ccncc3C#N)CC2)C1. The molecule has 112 valence electrons. The minimum absolute atomic E-state index is 0.684. The molecule has 0 bridgehead atoms. The number of pyridine rings is 1. The van der Waals surface area contributed by atoms with E-state index < -0.39 is 0 Å². The Kier molecular flexibility index (Phi) is 4.37. The van der Waals surface area contributed by atoms with E-state index in [2.05, 4.69) is 32.8 Å². The Balaban J connectivity index is 1.61. The predicted molar refractivity (Wildman–Crippen MR) is 83.3 cm³/mol. The fourth-order valence-corrected chi connectivity index (χ4v) is 3.51. The van der Waals surface area contributed by atoms with Crippen molar-refractivity contribution in [3.05, 3.63) is 24.0 Å². The number of rotatable bonds is 2.